The summed E-state index contributed by atoms with van der Waals surface area (Å²) in [6.45, 7) is 6.59. The van der Waals surface area contributed by atoms with Gasteiger partial charge in [0, 0.05) is 6.42 Å². The molecular weight excluding hydrogens is 146 g/mol. The van der Waals surface area contributed by atoms with Gasteiger partial charge in [-0.3, -0.25) is 0 Å². The van der Waals surface area contributed by atoms with Gasteiger partial charge in [-0.15, -0.1) is 0 Å². The minimum atomic E-state index is -2.65. The molecule has 0 spiro atoms. The van der Waals surface area contributed by atoms with Crippen molar-refractivity contribution in [1.29, 1.82) is 0 Å². The van der Waals surface area contributed by atoms with E-state index in [0.29, 0.717) is 6.42 Å². The molecule has 0 atom stereocenters. The van der Waals surface area contributed by atoms with Crippen molar-refractivity contribution in [3.8, 4) is 0 Å². The van der Waals surface area contributed by atoms with Gasteiger partial charge in [0.2, 0.25) is 0 Å². The summed E-state index contributed by atoms with van der Waals surface area (Å²) in [5.74, 6) is -2.65. The van der Waals surface area contributed by atoms with Gasteiger partial charge in [-0.1, -0.05) is 32.6 Å². The van der Waals surface area contributed by atoms with E-state index in [1.807, 2.05) is 0 Å². The van der Waals surface area contributed by atoms with Gasteiger partial charge in [0.15, 0.2) is 0 Å². The summed E-state index contributed by atoms with van der Waals surface area (Å²) < 4.78 is 25.8. The summed E-state index contributed by atoms with van der Waals surface area (Å²) in [5.41, 5.74) is 0.162. The molecule has 0 fully saturated rings. The Hall–Kier alpha value is -0.660. The molecular formula is C9H14F2. The van der Waals surface area contributed by atoms with Gasteiger partial charge in [0.1, 0.15) is 0 Å². The number of alkyl halides is 2. The Kier molecular flexibility index (Phi) is 4.01. The van der Waals surface area contributed by atoms with Gasteiger partial charge in [-0.25, -0.2) is 8.78 Å². The van der Waals surface area contributed by atoms with Crippen LogP contribution in [0.2, 0.25) is 0 Å². The van der Waals surface area contributed by atoms with Crippen molar-refractivity contribution < 1.29 is 8.78 Å². The maximum atomic E-state index is 12.9. The summed E-state index contributed by atoms with van der Waals surface area (Å²) in [7, 11) is 0. The van der Waals surface area contributed by atoms with Crippen LogP contribution in [0.15, 0.2) is 24.3 Å². The zero-order valence-corrected chi connectivity index (χ0v) is 7.03. The number of hydrogen-bond donors (Lipinski definition) is 0. The Balaban J connectivity index is 4.48. The molecule has 0 aliphatic rings. The van der Waals surface area contributed by atoms with Crippen LogP contribution < -0.4 is 0 Å². The maximum absolute atomic E-state index is 12.9. The topological polar surface area (TPSA) is 0 Å². The molecule has 0 saturated carbocycles. The second-order valence-electron chi connectivity index (χ2n) is 2.34. The molecule has 0 aromatic carbocycles. The van der Waals surface area contributed by atoms with Crippen molar-refractivity contribution in [2.24, 2.45) is 0 Å². The van der Waals surface area contributed by atoms with Crippen LogP contribution in [0.5, 0.6) is 0 Å². The number of halogens is 2. The predicted octanol–water partition coefficient (Wildman–Crippen LogP) is 3.55. The quantitative estimate of drug-likeness (QED) is 0.551. The molecule has 0 N–H and O–H groups in total. The predicted molar refractivity (Wildman–Crippen MR) is 43.8 cm³/mol. The van der Waals surface area contributed by atoms with E-state index in [1.165, 1.54) is 19.1 Å². The van der Waals surface area contributed by atoms with Crippen molar-refractivity contribution in [3.63, 3.8) is 0 Å². The SMILES string of the molecule is C=C/C=C(\CC)C(F)(F)CC. The maximum Gasteiger partial charge on any atom is 0.269 e. The summed E-state index contributed by atoms with van der Waals surface area (Å²) in [4.78, 5) is 0. The summed E-state index contributed by atoms with van der Waals surface area (Å²) >= 11 is 0. The van der Waals surface area contributed by atoms with E-state index in [9.17, 15) is 8.78 Å². The average Bonchev–Trinajstić information content (AvgIpc) is 2.00. The first-order valence-electron chi connectivity index (χ1n) is 3.78. The third-order valence-corrected chi connectivity index (χ3v) is 1.61. The number of allylic oxidation sites excluding steroid dienone is 3. The molecule has 0 amide bonds. The van der Waals surface area contributed by atoms with E-state index in [-0.39, 0.29) is 12.0 Å². The molecule has 2 heteroatoms. The third-order valence-electron chi connectivity index (χ3n) is 1.61. The average molecular weight is 160 g/mol. The first-order chi connectivity index (χ1) is 5.08. The highest BCUT2D eigenvalue weighted by Crippen LogP contribution is 2.29. The van der Waals surface area contributed by atoms with E-state index in [0.717, 1.165) is 0 Å². The molecule has 0 rings (SSSR count). The van der Waals surface area contributed by atoms with Crippen molar-refractivity contribution in [2.45, 2.75) is 32.6 Å². The zero-order chi connectivity index (χ0) is 8.91. The Morgan fingerprint density at radius 3 is 2.27 bits per heavy atom. The first-order valence-corrected chi connectivity index (χ1v) is 3.78. The molecule has 0 radical (unpaired) electrons. The van der Waals surface area contributed by atoms with Gasteiger partial charge < -0.3 is 0 Å². The molecule has 0 aliphatic heterocycles. The van der Waals surface area contributed by atoms with Gasteiger partial charge >= 0.3 is 0 Å². The summed E-state index contributed by atoms with van der Waals surface area (Å²) in [6, 6.07) is 0. The van der Waals surface area contributed by atoms with Crippen molar-refractivity contribution in [2.75, 3.05) is 0 Å². The van der Waals surface area contributed by atoms with Crippen molar-refractivity contribution >= 4 is 0 Å². The van der Waals surface area contributed by atoms with Crippen LogP contribution in [-0.2, 0) is 0 Å². The lowest BCUT2D eigenvalue weighted by molar-refractivity contribution is 0.0347. The van der Waals surface area contributed by atoms with Crippen LogP contribution >= 0.6 is 0 Å². The van der Waals surface area contributed by atoms with Gasteiger partial charge in [0.05, 0.1) is 0 Å². The Morgan fingerprint density at radius 1 is 1.45 bits per heavy atom. The fraction of sp³-hybridized carbons (Fsp3) is 0.556. The van der Waals surface area contributed by atoms with E-state index in [2.05, 4.69) is 6.58 Å². The van der Waals surface area contributed by atoms with Gasteiger partial charge in [0.25, 0.3) is 5.92 Å². The normalized spacial score (nSPS) is 13.3. The molecule has 0 nitrogen and oxygen atoms in total. The van der Waals surface area contributed by atoms with E-state index in [4.69, 9.17) is 0 Å². The molecule has 0 saturated heterocycles. The van der Waals surface area contributed by atoms with Gasteiger partial charge in [-0.05, 0) is 12.0 Å². The summed E-state index contributed by atoms with van der Waals surface area (Å²) in [6.07, 6.45) is 3.04. The van der Waals surface area contributed by atoms with E-state index < -0.39 is 5.92 Å². The highest BCUT2D eigenvalue weighted by molar-refractivity contribution is 5.17. The molecule has 0 aromatic heterocycles. The Bertz CT molecular complexity index is 157. The molecule has 0 aliphatic carbocycles. The molecule has 0 aromatic rings. The molecule has 0 heterocycles. The van der Waals surface area contributed by atoms with Crippen LogP contribution in [0, 0.1) is 0 Å². The first kappa shape index (κ1) is 10.3. The molecule has 0 unspecified atom stereocenters. The standard InChI is InChI=1S/C9H14F2/c1-4-7-8(5-2)9(10,11)6-3/h4,7H,1,5-6H2,2-3H3/b8-7+. The monoisotopic (exact) mass is 160 g/mol. The number of rotatable bonds is 4. The lowest BCUT2D eigenvalue weighted by Gasteiger charge is -2.16. The third kappa shape index (κ3) is 2.83. The Morgan fingerprint density at radius 2 is 2.00 bits per heavy atom. The lowest BCUT2D eigenvalue weighted by Crippen LogP contribution is -2.17. The van der Waals surface area contributed by atoms with Crippen molar-refractivity contribution in [1.82, 2.24) is 0 Å². The summed E-state index contributed by atoms with van der Waals surface area (Å²) in [5, 5.41) is 0. The Labute approximate surface area is 66.6 Å². The van der Waals surface area contributed by atoms with Crippen LogP contribution in [0.1, 0.15) is 26.7 Å². The highest BCUT2D eigenvalue weighted by Gasteiger charge is 2.29. The highest BCUT2D eigenvalue weighted by atomic mass is 19.3. The molecule has 64 valence electrons. The van der Waals surface area contributed by atoms with Crippen LogP contribution in [0.4, 0.5) is 8.78 Å². The number of hydrogen-bond acceptors (Lipinski definition) is 0. The second-order valence-corrected chi connectivity index (χ2v) is 2.34. The van der Waals surface area contributed by atoms with E-state index in [1.54, 1.807) is 6.92 Å². The minimum Gasteiger partial charge on any atom is -0.202 e. The minimum absolute atomic E-state index is 0.138. The largest absolute Gasteiger partial charge is 0.269 e. The fourth-order valence-electron chi connectivity index (χ4n) is 0.868. The smallest absolute Gasteiger partial charge is 0.202 e. The lowest BCUT2D eigenvalue weighted by atomic mass is 10.0. The van der Waals surface area contributed by atoms with Gasteiger partial charge in [-0.2, -0.15) is 0 Å². The zero-order valence-electron chi connectivity index (χ0n) is 7.03. The van der Waals surface area contributed by atoms with Crippen LogP contribution in [-0.4, -0.2) is 5.92 Å². The van der Waals surface area contributed by atoms with Crippen LogP contribution in [0.25, 0.3) is 0 Å². The molecule has 11 heavy (non-hydrogen) atoms. The van der Waals surface area contributed by atoms with E-state index >= 15 is 0 Å². The van der Waals surface area contributed by atoms with Crippen molar-refractivity contribution in [3.05, 3.63) is 24.3 Å². The van der Waals surface area contributed by atoms with Crippen LogP contribution in [0.3, 0.4) is 0 Å². The molecule has 0 bridgehead atoms. The fourth-order valence-corrected chi connectivity index (χ4v) is 0.868. The second kappa shape index (κ2) is 4.27.